The lowest BCUT2D eigenvalue weighted by Gasteiger charge is -2.35. The van der Waals surface area contributed by atoms with Gasteiger partial charge in [-0.05, 0) is 30.2 Å². The molecule has 0 aromatic heterocycles. The molecule has 1 saturated carbocycles. The molecule has 2 rings (SSSR count). The van der Waals surface area contributed by atoms with Crippen molar-refractivity contribution in [2.24, 2.45) is 5.41 Å². The van der Waals surface area contributed by atoms with E-state index in [1.165, 1.54) is 5.56 Å². The van der Waals surface area contributed by atoms with Crippen molar-refractivity contribution in [1.29, 1.82) is 0 Å². The van der Waals surface area contributed by atoms with Gasteiger partial charge in [0, 0.05) is 19.4 Å². The van der Waals surface area contributed by atoms with Gasteiger partial charge in [0.2, 0.25) is 0 Å². The highest BCUT2D eigenvalue weighted by Crippen LogP contribution is 2.37. The molecular formula is C16H22O2. The first-order valence-corrected chi connectivity index (χ1v) is 6.41. The summed E-state index contributed by atoms with van der Waals surface area (Å²) < 4.78 is 0. The van der Waals surface area contributed by atoms with Gasteiger partial charge in [-0.15, -0.1) is 13.2 Å². The molecule has 0 heterocycles. The highest BCUT2D eigenvalue weighted by atomic mass is 16.3. The summed E-state index contributed by atoms with van der Waals surface area (Å²) in [5, 5.41) is 9.58. The number of hydrogen-bond donors (Lipinski definition) is 1. The second kappa shape index (κ2) is 7.12. The molecule has 0 aliphatic heterocycles. The molecule has 1 aromatic rings. The van der Waals surface area contributed by atoms with Gasteiger partial charge >= 0.3 is 0 Å². The van der Waals surface area contributed by atoms with Gasteiger partial charge in [-0.3, -0.25) is 4.79 Å². The third kappa shape index (κ3) is 3.81. The highest BCUT2D eigenvalue weighted by Gasteiger charge is 2.34. The van der Waals surface area contributed by atoms with Crippen LogP contribution in [-0.4, -0.2) is 17.5 Å². The molecule has 0 saturated heterocycles. The van der Waals surface area contributed by atoms with Crippen molar-refractivity contribution >= 4 is 5.78 Å². The molecule has 0 radical (unpaired) electrons. The Kier molecular flexibility index (Phi) is 5.79. The van der Waals surface area contributed by atoms with Crippen LogP contribution in [0.3, 0.4) is 0 Å². The van der Waals surface area contributed by atoms with Crippen molar-refractivity contribution in [2.75, 3.05) is 6.61 Å². The van der Waals surface area contributed by atoms with Gasteiger partial charge in [-0.2, -0.15) is 0 Å². The van der Waals surface area contributed by atoms with E-state index in [0.29, 0.717) is 18.6 Å². The average molecular weight is 246 g/mol. The Bertz CT molecular complexity index is 360. The minimum Gasteiger partial charge on any atom is -0.396 e. The summed E-state index contributed by atoms with van der Waals surface area (Å²) in [4.78, 5) is 11.2. The van der Waals surface area contributed by atoms with E-state index in [-0.39, 0.29) is 12.0 Å². The van der Waals surface area contributed by atoms with Crippen molar-refractivity contribution in [1.82, 2.24) is 0 Å². The van der Waals surface area contributed by atoms with E-state index in [9.17, 15) is 9.90 Å². The molecule has 2 nitrogen and oxygen atoms in total. The number of benzene rings is 1. The summed E-state index contributed by atoms with van der Waals surface area (Å²) in [5.74, 6) is 0.345. The van der Waals surface area contributed by atoms with Crippen LogP contribution in [0.2, 0.25) is 0 Å². The zero-order chi connectivity index (χ0) is 13.4. The first-order valence-electron chi connectivity index (χ1n) is 6.41. The Morgan fingerprint density at radius 3 is 2.17 bits per heavy atom. The topological polar surface area (TPSA) is 37.3 Å². The number of hydrogen-bond acceptors (Lipinski definition) is 2. The fraction of sp³-hybridized carbons (Fsp3) is 0.438. The second-order valence-corrected chi connectivity index (χ2v) is 4.86. The fourth-order valence-electron chi connectivity index (χ4n) is 2.48. The van der Waals surface area contributed by atoms with Gasteiger partial charge < -0.3 is 5.11 Å². The minimum atomic E-state index is -0.0603. The molecule has 1 aliphatic carbocycles. The Labute approximate surface area is 109 Å². The largest absolute Gasteiger partial charge is 0.396 e. The number of rotatable bonds is 3. The van der Waals surface area contributed by atoms with E-state index >= 15 is 0 Å². The predicted octanol–water partition coefficient (Wildman–Crippen LogP) is 3.15. The first-order chi connectivity index (χ1) is 8.74. The molecule has 1 aliphatic rings. The van der Waals surface area contributed by atoms with Gasteiger partial charge in [0.1, 0.15) is 5.78 Å². The smallest absolute Gasteiger partial charge is 0.132 e. The summed E-state index contributed by atoms with van der Waals surface area (Å²) in [6.45, 7) is 6.19. The summed E-state index contributed by atoms with van der Waals surface area (Å²) in [6.07, 6.45) is 3.81. The third-order valence-electron chi connectivity index (χ3n) is 3.63. The minimum absolute atomic E-state index is 0.0603. The van der Waals surface area contributed by atoms with Crippen molar-refractivity contribution in [3.8, 4) is 0 Å². The van der Waals surface area contributed by atoms with E-state index in [4.69, 9.17) is 0 Å². The molecular weight excluding hydrogens is 224 g/mol. The molecule has 18 heavy (non-hydrogen) atoms. The standard InChI is InChI=1S/C14H18O2.C2H4/c15-11-14(8-6-13(16)7-9-14)10-12-4-2-1-3-5-12;1-2/h1-5,15H,6-11H2;1-2H2. The van der Waals surface area contributed by atoms with E-state index in [1.807, 2.05) is 18.2 Å². The Hall–Kier alpha value is -1.41. The number of aliphatic hydroxyl groups is 1. The van der Waals surface area contributed by atoms with E-state index in [0.717, 1.165) is 19.3 Å². The third-order valence-corrected chi connectivity index (χ3v) is 3.63. The zero-order valence-corrected chi connectivity index (χ0v) is 10.9. The normalized spacial score (nSPS) is 17.7. The summed E-state index contributed by atoms with van der Waals surface area (Å²) in [5.41, 5.74) is 1.20. The summed E-state index contributed by atoms with van der Waals surface area (Å²) in [6, 6.07) is 10.2. The summed E-state index contributed by atoms with van der Waals surface area (Å²) in [7, 11) is 0. The molecule has 0 atom stereocenters. The molecule has 0 spiro atoms. The van der Waals surface area contributed by atoms with Crippen LogP contribution in [0.4, 0.5) is 0 Å². The van der Waals surface area contributed by atoms with Gasteiger partial charge in [0.05, 0.1) is 0 Å². The van der Waals surface area contributed by atoms with Crippen molar-refractivity contribution in [2.45, 2.75) is 32.1 Å². The number of Topliss-reactive ketones (excluding diaryl/α,β-unsaturated/α-hetero) is 1. The molecule has 0 amide bonds. The molecule has 1 aromatic carbocycles. The number of aliphatic hydroxyl groups excluding tert-OH is 1. The number of ketones is 1. The van der Waals surface area contributed by atoms with E-state index in [1.54, 1.807) is 0 Å². The fourth-order valence-corrected chi connectivity index (χ4v) is 2.48. The van der Waals surface area contributed by atoms with Crippen LogP contribution in [0.5, 0.6) is 0 Å². The average Bonchev–Trinajstić information content (AvgIpc) is 2.45. The van der Waals surface area contributed by atoms with Crippen LogP contribution in [0.1, 0.15) is 31.2 Å². The van der Waals surface area contributed by atoms with E-state index in [2.05, 4.69) is 25.3 Å². The monoisotopic (exact) mass is 246 g/mol. The molecule has 0 unspecified atom stereocenters. The van der Waals surface area contributed by atoms with Gasteiger partial charge in [0.15, 0.2) is 0 Å². The second-order valence-electron chi connectivity index (χ2n) is 4.86. The molecule has 98 valence electrons. The van der Waals surface area contributed by atoms with Crippen LogP contribution < -0.4 is 0 Å². The lowest BCUT2D eigenvalue weighted by Crippen LogP contribution is -2.33. The molecule has 0 bridgehead atoms. The van der Waals surface area contributed by atoms with E-state index < -0.39 is 0 Å². The lowest BCUT2D eigenvalue weighted by atomic mass is 9.70. The van der Waals surface area contributed by atoms with Crippen LogP contribution in [-0.2, 0) is 11.2 Å². The van der Waals surface area contributed by atoms with Crippen LogP contribution >= 0.6 is 0 Å². The van der Waals surface area contributed by atoms with Gasteiger partial charge in [-0.25, -0.2) is 0 Å². The maximum Gasteiger partial charge on any atom is 0.132 e. The van der Waals surface area contributed by atoms with Crippen molar-refractivity contribution in [3.63, 3.8) is 0 Å². The Morgan fingerprint density at radius 1 is 1.11 bits per heavy atom. The van der Waals surface area contributed by atoms with Crippen molar-refractivity contribution in [3.05, 3.63) is 49.1 Å². The maximum absolute atomic E-state index is 11.2. The van der Waals surface area contributed by atoms with Crippen molar-refractivity contribution < 1.29 is 9.90 Å². The van der Waals surface area contributed by atoms with Crippen LogP contribution in [0, 0.1) is 5.41 Å². The highest BCUT2D eigenvalue weighted by molar-refractivity contribution is 5.79. The van der Waals surface area contributed by atoms with Gasteiger partial charge in [0.25, 0.3) is 0 Å². The Balaban J connectivity index is 0.000000771. The van der Waals surface area contributed by atoms with Crippen LogP contribution in [0.15, 0.2) is 43.5 Å². The number of carbonyl (C=O) groups excluding carboxylic acids is 1. The lowest BCUT2D eigenvalue weighted by molar-refractivity contribution is -0.123. The van der Waals surface area contributed by atoms with Gasteiger partial charge in [-0.1, -0.05) is 30.3 Å². The predicted molar refractivity (Wildman–Crippen MR) is 74.4 cm³/mol. The maximum atomic E-state index is 11.2. The Morgan fingerprint density at radius 2 is 1.67 bits per heavy atom. The quantitative estimate of drug-likeness (QED) is 0.832. The molecule has 1 fully saturated rings. The zero-order valence-electron chi connectivity index (χ0n) is 10.9. The van der Waals surface area contributed by atoms with Crippen LogP contribution in [0.25, 0.3) is 0 Å². The molecule has 1 N–H and O–H groups in total. The SMILES string of the molecule is C=C.O=C1CCC(CO)(Cc2ccccc2)CC1. The summed E-state index contributed by atoms with van der Waals surface area (Å²) >= 11 is 0. The molecule has 2 heteroatoms. The number of carbonyl (C=O) groups is 1. The first kappa shape index (κ1) is 14.7.